The first kappa shape index (κ1) is 26.9. The van der Waals surface area contributed by atoms with Crippen LogP contribution in [0.4, 0.5) is 0 Å². The fraction of sp³-hybridized carbons (Fsp3) is 1.00. The number of hydrogen-bond donors (Lipinski definition) is 1. The van der Waals surface area contributed by atoms with Gasteiger partial charge in [-0.1, -0.05) is 96.8 Å². The van der Waals surface area contributed by atoms with Gasteiger partial charge in [-0.2, -0.15) is 0 Å². The number of nitrogens with zero attached hydrogens (tertiary/aromatic N) is 1. The summed E-state index contributed by atoms with van der Waals surface area (Å²) in [6.45, 7) is 12.2. The molecule has 0 aromatic heterocycles. The van der Waals surface area contributed by atoms with Gasteiger partial charge in [0.1, 0.15) is 0 Å². The molecule has 0 rings (SSSR count). The molecular formula is C25H54NO+. The average Bonchev–Trinajstić information content (AvgIpc) is 2.70. The molecule has 0 aliphatic carbocycles. The van der Waals surface area contributed by atoms with Crippen LogP contribution in [0.5, 0.6) is 0 Å². The average molecular weight is 385 g/mol. The normalized spacial score (nSPS) is 12.0. The first-order valence-electron chi connectivity index (χ1n) is 12.7. The van der Waals surface area contributed by atoms with E-state index in [4.69, 9.17) is 5.11 Å². The van der Waals surface area contributed by atoms with Gasteiger partial charge < -0.3 is 9.59 Å². The molecule has 0 radical (unpaired) electrons. The largest absolute Gasteiger partial charge is 0.396 e. The molecule has 0 bridgehead atoms. The lowest BCUT2D eigenvalue weighted by molar-refractivity contribution is -0.925. The van der Waals surface area contributed by atoms with Crippen molar-refractivity contribution in [2.45, 2.75) is 130 Å². The molecule has 164 valence electrons. The third-order valence-electron chi connectivity index (χ3n) is 6.62. The minimum absolute atomic E-state index is 0.346. The van der Waals surface area contributed by atoms with E-state index < -0.39 is 0 Å². The first-order chi connectivity index (χ1) is 13.2. The predicted octanol–water partition coefficient (Wildman–Crippen LogP) is 7.49. The Bertz CT molecular complexity index is 275. The zero-order valence-corrected chi connectivity index (χ0v) is 19.5. The zero-order valence-electron chi connectivity index (χ0n) is 19.5. The highest BCUT2D eigenvalue weighted by Gasteiger charge is 2.21. The van der Waals surface area contributed by atoms with Gasteiger partial charge in [-0.3, -0.25) is 0 Å². The molecule has 0 saturated heterocycles. The Morgan fingerprint density at radius 1 is 0.444 bits per heavy atom. The van der Waals surface area contributed by atoms with Crippen LogP contribution in [0.1, 0.15) is 130 Å². The van der Waals surface area contributed by atoms with Gasteiger partial charge in [0.25, 0.3) is 0 Å². The Hall–Kier alpha value is -0.0800. The van der Waals surface area contributed by atoms with E-state index in [1.807, 2.05) is 0 Å². The van der Waals surface area contributed by atoms with Crippen molar-refractivity contribution in [2.75, 3.05) is 32.8 Å². The van der Waals surface area contributed by atoms with Crippen molar-refractivity contribution < 1.29 is 9.59 Å². The SMILES string of the molecule is CCCCCCCCCCCCCCCCCC[N+](CC)(CC)CCCO. The van der Waals surface area contributed by atoms with E-state index in [1.54, 1.807) is 0 Å². The fourth-order valence-electron chi connectivity index (χ4n) is 4.37. The summed E-state index contributed by atoms with van der Waals surface area (Å²) in [5.74, 6) is 0. The maximum Gasteiger partial charge on any atom is 0.0808 e. The van der Waals surface area contributed by atoms with Gasteiger partial charge in [0.2, 0.25) is 0 Å². The molecule has 0 amide bonds. The highest BCUT2D eigenvalue weighted by Crippen LogP contribution is 2.15. The molecular weight excluding hydrogens is 330 g/mol. The molecule has 0 spiro atoms. The number of hydrogen-bond acceptors (Lipinski definition) is 1. The molecule has 0 atom stereocenters. The molecule has 0 saturated carbocycles. The van der Waals surface area contributed by atoms with Crippen LogP contribution >= 0.6 is 0 Å². The van der Waals surface area contributed by atoms with E-state index in [0.717, 1.165) is 13.0 Å². The molecule has 0 fully saturated rings. The lowest BCUT2D eigenvalue weighted by atomic mass is 10.0. The Morgan fingerprint density at radius 2 is 0.778 bits per heavy atom. The number of aliphatic hydroxyl groups is 1. The maximum atomic E-state index is 9.12. The van der Waals surface area contributed by atoms with Gasteiger partial charge in [-0.15, -0.1) is 0 Å². The molecule has 0 aromatic carbocycles. The highest BCUT2D eigenvalue weighted by molar-refractivity contribution is 4.51. The lowest BCUT2D eigenvalue weighted by Gasteiger charge is -2.37. The van der Waals surface area contributed by atoms with Crippen LogP contribution in [-0.2, 0) is 0 Å². The lowest BCUT2D eigenvalue weighted by Crippen LogP contribution is -2.49. The van der Waals surface area contributed by atoms with Gasteiger partial charge in [0, 0.05) is 13.0 Å². The van der Waals surface area contributed by atoms with Gasteiger partial charge in [0.15, 0.2) is 0 Å². The second-order valence-electron chi connectivity index (χ2n) is 8.80. The number of unbranched alkanes of at least 4 members (excludes halogenated alkanes) is 15. The van der Waals surface area contributed by atoms with Crippen LogP contribution in [0.3, 0.4) is 0 Å². The Kier molecular flexibility index (Phi) is 20.6. The highest BCUT2D eigenvalue weighted by atomic mass is 16.3. The minimum Gasteiger partial charge on any atom is -0.396 e. The van der Waals surface area contributed by atoms with Crippen LogP contribution in [0.15, 0.2) is 0 Å². The molecule has 27 heavy (non-hydrogen) atoms. The quantitative estimate of drug-likeness (QED) is 0.151. The number of quaternary nitrogens is 1. The molecule has 0 unspecified atom stereocenters. The molecule has 2 heteroatoms. The molecule has 1 N–H and O–H groups in total. The minimum atomic E-state index is 0.346. The number of rotatable bonds is 22. The van der Waals surface area contributed by atoms with Crippen LogP contribution < -0.4 is 0 Å². The van der Waals surface area contributed by atoms with Gasteiger partial charge in [-0.05, 0) is 26.7 Å². The molecule has 0 heterocycles. The zero-order chi connectivity index (χ0) is 20.1. The summed E-state index contributed by atoms with van der Waals surface area (Å²) in [5.41, 5.74) is 0. The van der Waals surface area contributed by atoms with E-state index in [2.05, 4.69) is 20.8 Å². The van der Waals surface area contributed by atoms with E-state index in [0.29, 0.717) is 6.61 Å². The smallest absolute Gasteiger partial charge is 0.0808 e. The Balaban J connectivity index is 3.35. The predicted molar refractivity (Wildman–Crippen MR) is 122 cm³/mol. The fourth-order valence-corrected chi connectivity index (χ4v) is 4.37. The van der Waals surface area contributed by atoms with Crippen LogP contribution in [0.2, 0.25) is 0 Å². The third-order valence-corrected chi connectivity index (χ3v) is 6.62. The van der Waals surface area contributed by atoms with Crippen LogP contribution in [0, 0.1) is 0 Å². The van der Waals surface area contributed by atoms with Crippen molar-refractivity contribution in [3.63, 3.8) is 0 Å². The van der Waals surface area contributed by atoms with Gasteiger partial charge in [0.05, 0.1) is 26.2 Å². The van der Waals surface area contributed by atoms with Gasteiger partial charge >= 0.3 is 0 Å². The Morgan fingerprint density at radius 3 is 1.11 bits per heavy atom. The topological polar surface area (TPSA) is 20.2 Å². The van der Waals surface area contributed by atoms with E-state index >= 15 is 0 Å². The molecule has 0 aromatic rings. The van der Waals surface area contributed by atoms with E-state index in [-0.39, 0.29) is 0 Å². The van der Waals surface area contributed by atoms with Crippen molar-refractivity contribution >= 4 is 0 Å². The maximum absolute atomic E-state index is 9.12. The molecule has 0 aliphatic rings. The van der Waals surface area contributed by atoms with Crippen molar-refractivity contribution in [3.05, 3.63) is 0 Å². The Labute approximate surface area is 172 Å². The van der Waals surface area contributed by atoms with Crippen molar-refractivity contribution in [1.82, 2.24) is 0 Å². The van der Waals surface area contributed by atoms with Crippen LogP contribution in [-0.4, -0.2) is 42.4 Å². The van der Waals surface area contributed by atoms with Gasteiger partial charge in [-0.25, -0.2) is 0 Å². The standard InChI is InChI=1S/C25H54NO/c1-4-7-8-9-10-11-12-13-14-15-16-17-18-19-20-21-23-26(5-2,6-3)24-22-25-27/h27H,4-25H2,1-3H3/q+1. The molecule has 2 nitrogen and oxygen atoms in total. The van der Waals surface area contributed by atoms with Crippen molar-refractivity contribution in [3.8, 4) is 0 Å². The van der Waals surface area contributed by atoms with Crippen molar-refractivity contribution in [1.29, 1.82) is 0 Å². The summed E-state index contributed by atoms with van der Waals surface area (Å²) in [7, 11) is 0. The summed E-state index contributed by atoms with van der Waals surface area (Å²) in [6.07, 6.45) is 24.0. The first-order valence-corrected chi connectivity index (χ1v) is 12.7. The summed E-state index contributed by atoms with van der Waals surface area (Å²) in [4.78, 5) is 0. The second-order valence-corrected chi connectivity index (χ2v) is 8.80. The van der Waals surface area contributed by atoms with E-state index in [1.165, 1.54) is 127 Å². The van der Waals surface area contributed by atoms with E-state index in [9.17, 15) is 0 Å². The third kappa shape index (κ3) is 16.6. The van der Waals surface area contributed by atoms with Crippen molar-refractivity contribution in [2.24, 2.45) is 0 Å². The van der Waals surface area contributed by atoms with Crippen LogP contribution in [0.25, 0.3) is 0 Å². The number of aliphatic hydroxyl groups excluding tert-OH is 1. The summed E-state index contributed by atoms with van der Waals surface area (Å²) < 4.78 is 1.21. The monoisotopic (exact) mass is 384 g/mol. The summed E-state index contributed by atoms with van der Waals surface area (Å²) >= 11 is 0. The molecule has 0 aliphatic heterocycles. The summed E-state index contributed by atoms with van der Waals surface area (Å²) in [6, 6.07) is 0. The summed E-state index contributed by atoms with van der Waals surface area (Å²) in [5, 5.41) is 9.12. The second kappa shape index (κ2) is 20.6.